The van der Waals surface area contributed by atoms with Gasteiger partial charge in [-0.25, -0.2) is 0 Å². The first-order valence-electron chi connectivity index (χ1n) is 29.0. The molecule has 0 aromatic carbocycles. The maximum Gasteiger partial charge on any atom is 1.00 e. The summed E-state index contributed by atoms with van der Waals surface area (Å²) in [6, 6.07) is 3.31. The minimum atomic E-state index is -0.671. The predicted octanol–water partition coefficient (Wildman–Crippen LogP) is 9.31. The Bertz CT molecular complexity index is 1540. The van der Waals surface area contributed by atoms with Crippen molar-refractivity contribution in [3.8, 4) is 0 Å². The normalized spacial score (nSPS) is 13.4. The van der Waals surface area contributed by atoms with E-state index in [1.165, 1.54) is 0 Å². The fourth-order valence-corrected chi connectivity index (χ4v) is 7.97. The Hall–Kier alpha value is 0.383. The van der Waals surface area contributed by atoms with Crippen LogP contribution in [0.1, 0.15) is 233 Å². The molecule has 0 radical (unpaired) electrons. The monoisotopic (exact) mass is 1140 g/mol. The van der Waals surface area contributed by atoms with Crippen LogP contribution in [0.4, 0.5) is 0 Å². The van der Waals surface area contributed by atoms with E-state index in [1.807, 2.05) is 184 Å². The summed E-state index contributed by atoms with van der Waals surface area (Å²) in [6.07, 6.45) is 9.61. The van der Waals surface area contributed by atoms with Crippen LogP contribution < -0.4 is 103 Å². The molecular weight excluding hydrogens is 1010 g/mol. The van der Waals surface area contributed by atoms with E-state index >= 15 is 0 Å². The minimum absolute atomic E-state index is 0. The standard InChI is InChI=1S/C26H47N2O2.C13H24NO.2C10H20NO.3C2H6.2K/c1-13-16-26(24(30)20(4)5,28(12)22(8)9)18-15-14-17-25(10,23(29)19(2)3)27(11)21(6)7;1-8-9-13(6,12(15)10(2)3)14(7)11(4)5;2*1-7(2)10(12)9(5)11(6)8(3)4;3*1-2;;/h1,13-15,19-22H,16-18H2,2-12H3;1,8,10-11H,9H2,2-7H3;2*7-8H,1-6H3;3*1-2H3;;/q4*-1;;;;2*+1. The smallest absolute Gasteiger partial charge is 0.518 e. The van der Waals surface area contributed by atoms with E-state index in [4.69, 9.17) is 13.2 Å². The van der Waals surface area contributed by atoms with E-state index in [-0.39, 0.29) is 173 Å². The van der Waals surface area contributed by atoms with Crippen molar-refractivity contribution in [2.24, 2.45) is 29.6 Å². The van der Waals surface area contributed by atoms with Crippen LogP contribution in [0.5, 0.6) is 0 Å². The van der Waals surface area contributed by atoms with E-state index in [2.05, 4.69) is 96.1 Å². The second-order valence-electron chi connectivity index (χ2n) is 22.6. The van der Waals surface area contributed by atoms with Gasteiger partial charge in [0.05, 0.1) is 16.6 Å². The Labute approximate surface area is 568 Å². The molecule has 0 saturated heterocycles. The van der Waals surface area contributed by atoms with Gasteiger partial charge in [0, 0.05) is 47.4 Å². The van der Waals surface area contributed by atoms with Crippen LogP contribution in [0, 0.1) is 54.8 Å². The summed E-state index contributed by atoms with van der Waals surface area (Å²) in [7, 11) is 9.91. The quantitative estimate of drug-likeness (QED) is 0.0428. The summed E-state index contributed by atoms with van der Waals surface area (Å²) < 4.78 is 0. The molecule has 77 heavy (non-hydrogen) atoms. The van der Waals surface area contributed by atoms with Gasteiger partial charge in [-0.1, -0.05) is 151 Å². The van der Waals surface area contributed by atoms with Gasteiger partial charge in [0.2, 0.25) is 0 Å². The molecule has 0 aromatic heterocycles. The third-order valence-electron chi connectivity index (χ3n) is 14.1. The molecule has 0 rings (SSSR count). The molecule has 0 aliphatic heterocycles. The molecule has 0 aromatic rings. The number of hydrogen-bond donors (Lipinski definition) is 0. The van der Waals surface area contributed by atoms with Crippen molar-refractivity contribution in [1.29, 1.82) is 0 Å². The molecular formula is C65H129K2N5O5-2. The average molecular weight is 1140 g/mol. The third kappa shape index (κ3) is 35.3. The molecule has 0 amide bonds. The SMILES string of the molecule is CC.CC.CC.C[C-](C(=O)C(C)C)N(C)C(C)C.C[C-](C(=O)C(C)C)N(C)C(C)C.[CH-]=CCC(C)(C(=O)C(C)C)N(C)C(C)C.[CH-]=CCC(CC=CCC(C)(C(=O)C(C)C)N(C)C(C)C)(C(=O)C(C)C)N(C)C(C)C.[K+].[K+]. The second kappa shape index (κ2) is 50.9. The zero-order chi connectivity index (χ0) is 61.9. The fraction of sp³-hybridized carbons (Fsp3) is 0.800. The summed E-state index contributed by atoms with van der Waals surface area (Å²) >= 11 is 0. The van der Waals surface area contributed by atoms with Gasteiger partial charge < -0.3 is 32.5 Å². The Morgan fingerprint density at radius 1 is 0.390 bits per heavy atom. The molecule has 448 valence electrons. The number of Topliss-reactive ketones (excluding diaryl/α,β-unsaturated/α-hetero) is 5. The number of nitrogens with zero attached hydrogens (tertiary/aromatic N) is 5. The van der Waals surface area contributed by atoms with E-state index in [1.54, 1.807) is 12.2 Å². The Morgan fingerprint density at radius 2 is 0.636 bits per heavy atom. The first-order chi connectivity index (χ1) is 34.2. The Kier molecular flexibility index (Phi) is 63.8. The molecule has 0 aliphatic carbocycles. The van der Waals surface area contributed by atoms with Gasteiger partial charge in [0.25, 0.3) is 0 Å². The molecule has 3 atom stereocenters. The van der Waals surface area contributed by atoms with Gasteiger partial charge >= 0.3 is 103 Å². The maximum atomic E-state index is 13.3. The van der Waals surface area contributed by atoms with Gasteiger partial charge in [-0.3, -0.25) is 53.3 Å². The van der Waals surface area contributed by atoms with Gasteiger partial charge in [-0.2, -0.15) is 13.8 Å². The van der Waals surface area contributed by atoms with Crippen LogP contribution in [-0.4, -0.2) is 135 Å². The number of likely N-dealkylation sites (N-methyl/N-ethyl adjacent to an activating group) is 5. The molecule has 0 spiro atoms. The van der Waals surface area contributed by atoms with Gasteiger partial charge in [0.15, 0.2) is 17.3 Å². The average Bonchev–Trinajstić information content (AvgIpc) is 3.36. The second-order valence-corrected chi connectivity index (χ2v) is 22.6. The number of ketones is 5. The predicted molar refractivity (Wildman–Crippen MR) is 330 cm³/mol. The summed E-state index contributed by atoms with van der Waals surface area (Å²) in [4.78, 5) is 71.9. The number of hydrogen-bond acceptors (Lipinski definition) is 10. The zero-order valence-corrected chi connectivity index (χ0v) is 64.6. The molecule has 0 heterocycles. The van der Waals surface area contributed by atoms with Crippen molar-refractivity contribution in [3.63, 3.8) is 0 Å². The van der Waals surface area contributed by atoms with Crippen molar-refractivity contribution in [3.05, 3.63) is 49.5 Å². The van der Waals surface area contributed by atoms with Crippen molar-refractivity contribution in [2.75, 3.05) is 35.2 Å². The van der Waals surface area contributed by atoms with Crippen LogP contribution in [-0.2, 0) is 24.0 Å². The third-order valence-corrected chi connectivity index (χ3v) is 14.1. The van der Waals surface area contributed by atoms with Crippen molar-refractivity contribution >= 4 is 28.9 Å². The Morgan fingerprint density at radius 3 is 0.844 bits per heavy atom. The van der Waals surface area contributed by atoms with Crippen LogP contribution in [0.3, 0.4) is 0 Å². The molecule has 0 fully saturated rings. The van der Waals surface area contributed by atoms with Crippen LogP contribution in [0.15, 0.2) is 24.3 Å². The molecule has 0 bridgehead atoms. The molecule has 12 heteroatoms. The van der Waals surface area contributed by atoms with E-state index in [9.17, 15) is 24.0 Å². The van der Waals surface area contributed by atoms with E-state index in [0.29, 0.717) is 43.8 Å². The van der Waals surface area contributed by atoms with Crippen LogP contribution >= 0.6 is 0 Å². The molecule has 0 aliphatic rings. The van der Waals surface area contributed by atoms with Crippen molar-refractivity contribution < 1.29 is 127 Å². The first-order valence-corrected chi connectivity index (χ1v) is 29.0. The summed E-state index contributed by atoms with van der Waals surface area (Å²) in [5, 5.41) is 0. The van der Waals surface area contributed by atoms with E-state index in [0.717, 1.165) is 12.1 Å². The van der Waals surface area contributed by atoms with Gasteiger partial charge in [-0.15, -0.1) is 0 Å². The zero-order valence-electron chi connectivity index (χ0n) is 58.3. The van der Waals surface area contributed by atoms with Gasteiger partial charge in [0.1, 0.15) is 0 Å². The van der Waals surface area contributed by atoms with Crippen LogP contribution in [0.2, 0.25) is 0 Å². The number of carbonyl (C=O) groups is 5. The molecule has 3 unspecified atom stereocenters. The fourth-order valence-electron chi connectivity index (χ4n) is 7.97. The number of rotatable bonds is 28. The molecule has 0 saturated carbocycles. The number of carbonyl (C=O) groups excluding carboxylic acids is 5. The Balaban J connectivity index is -0.000000119. The molecule has 10 nitrogen and oxygen atoms in total. The largest absolute Gasteiger partial charge is 1.00 e. The summed E-state index contributed by atoms with van der Waals surface area (Å²) in [6.45, 7) is 71.4. The summed E-state index contributed by atoms with van der Waals surface area (Å²) in [5.41, 5.74) is -1.72. The van der Waals surface area contributed by atoms with E-state index < -0.39 is 16.6 Å². The first kappa shape index (κ1) is 96.5. The minimum Gasteiger partial charge on any atom is -0.518 e. The van der Waals surface area contributed by atoms with Gasteiger partial charge in [-0.05, 0) is 140 Å². The topological polar surface area (TPSA) is 102 Å². The maximum absolute atomic E-state index is 13.3. The van der Waals surface area contributed by atoms with Crippen molar-refractivity contribution in [1.82, 2.24) is 24.5 Å². The van der Waals surface area contributed by atoms with Crippen molar-refractivity contribution in [2.45, 2.75) is 280 Å². The van der Waals surface area contributed by atoms with Crippen LogP contribution in [0.25, 0.3) is 0 Å². The molecule has 0 N–H and O–H groups in total. The summed E-state index contributed by atoms with van der Waals surface area (Å²) in [5.74, 6) is 1.30.